The van der Waals surface area contributed by atoms with Crippen molar-refractivity contribution < 1.29 is 22.3 Å². The number of benzene rings is 2. The molecular weight excluding hydrogens is 371 g/mol. The van der Waals surface area contributed by atoms with Crippen molar-refractivity contribution in [3.05, 3.63) is 53.8 Å². The van der Waals surface area contributed by atoms with Gasteiger partial charge in [0, 0.05) is 18.7 Å². The summed E-state index contributed by atoms with van der Waals surface area (Å²) in [5, 5.41) is 2.74. The van der Waals surface area contributed by atoms with Crippen molar-refractivity contribution in [2.24, 2.45) is 0 Å². The molecule has 1 aliphatic rings. The fourth-order valence-electron chi connectivity index (χ4n) is 3.05. The Morgan fingerprint density at radius 1 is 1.26 bits per heavy atom. The van der Waals surface area contributed by atoms with Crippen LogP contribution in [0.15, 0.2) is 42.5 Å². The SMILES string of the molecule is COc1ccc(NC(=O)CCc2ccccc2F)cc1N1CCCS1(=O)=O. The highest BCUT2D eigenvalue weighted by atomic mass is 32.2. The van der Waals surface area contributed by atoms with Crippen LogP contribution in [0.3, 0.4) is 0 Å². The van der Waals surface area contributed by atoms with Gasteiger partial charge >= 0.3 is 0 Å². The molecule has 2 aromatic rings. The molecule has 0 aromatic heterocycles. The molecule has 1 amide bonds. The van der Waals surface area contributed by atoms with Crippen molar-refractivity contribution in [3.63, 3.8) is 0 Å². The number of nitrogens with one attached hydrogen (secondary N) is 1. The second-order valence-electron chi connectivity index (χ2n) is 6.27. The van der Waals surface area contributed by atoms with Gasteiger partial charge in [0.25, 0.3) is 0 Å². The van der Waals surface area contributed by atoms with Crippen LogP contribution in [0.5, 0.6) is 5.75 Å². The van der Waals surface area contributed by atoms with Gasteiger partial charge in [-0.25, -0.2) is 12.8 Å². The van der Waals surface area contributed by atoms with Crippen LogP contribution in [0.25, 0.3) is 0 Å². The summed E-state index contributed by atoms with van der Waals surface area (Å²) in [6.07, 6.45) is 0.942. The Morgan fingerprint density at radius 2 is 2.04 bits per heavy atom. The zero-order valence-electron chi connectivity index (χ0n) is 14.9. The van der Waals surface area contributed by atoms with Crippen LogP contribution in [0.4, 0.5) is 15.8 Å². The molecule has 0 bridgehead atoms. The van der Waals surface area contributed by atoms with Crippen molar-refractivity contribution in [1.29, 1.82) is 0 Å². The summed E-state index contributed by atoms with van der Waals surface area (Å²) < 4.78 is 44.6. The van der Waals surface area contributed by atoms with E-state index in [2.05, 4.69) is 5.32 Å². The first-order valence-corrected chi connectivity index (χ1v) is 10.2. The van der Waals surface area contributed by atoms with Crippen LogP contribution in [0.2, 0.25) is 0 Å². The van der Waals surface area contributed by atoms with Crippen molar-refractivity contribution in [3.8, 4) is 5.75 Å². The van der Waals surface area contributed by atoms with Crippen molar-refractivity contribution in [2.75, 3.05) is 29.0 Å². The number of sulfonamides is 1. The van der Waals surface area contributed by atoms with Crippen LogP contribution in [0.1, 0.15) is 18.4 Å². The molecule has 27 heavy (non-hydrogen) atoms. The van der Waals surface area contributed by atoms with E-state index < -0.39 is 10.0 Å². The number of hydrogen-bond donors (Lipinski definition) is 1. The van der Waals surface area contributed by atoms with Crippen LogP contribution in [-0.2, 0) is 21.2 Å². The Hall–Kier alpha value is -2.61. The van der Waals surface area contributed by atoms with Gasteiger partial charge in [-0.15, -0.1) is 0 Å². The standard InChI is InChI=1S/C19H21FN2O4S/c1-26-18-9-8-15(13-17(18)22-11-4-12-27(22,24)25)21-19(23)10-7-14-5-2-3-6-16(14)20/h2-3,5-6,8-9,13H,4,7,10-12H2,1H3,(H,21,23). The Balaban J connectivity index is 1.72. The fourth-order valence-corrected chi connectivity index (χ4v) is 4.61. The minimum Gasteiger partial charge on any atom is -0.495 e. The van der Waals surface area contributed by atoms with Gasteiger partial charge in [-0.3, -0.25) is 9.10 Å². The molecular formula is C19H21FN2O4S. The molecule has 6 nitrogen and oxygen atoms in total. The minimum atomic E-state index is -3.37. The van der Waals surface area contributed by atoms with E-state index >= 15 is 0 Å². The lowest BCUT2D eigenvalue weighted by molar-refractivity contribution is -0.116. The molecule has 0 saturated carbocycles. The van der Waals surface area contributed by atoms with Gasteiger partial charge in [0.1, 0.15) is 11.6 Å². The number of rotatable bonds is 6. The monoisotopic (exact) mass is 392 g/mol. The second kappa shape index (κ2) is 7.96. The number of hydrogen-bond acceptors (Lipinski definition) is 4. The highest BCUT2D eigenvalue weighted by Crippen LogP contribution is 2.35. The number of methoxy groups -OCH3 is 1. The Kier molecular flexibility index (Phi) is 5.65. The number of amides is 1. The largest absolute Gasteiger partial charge is 0.495 e. The molecule has 1 heterocycles. The third-order valence-electron chi connectivity index (χ3n) is 4.41. The van der Waals surface area contributed by atoms with E-state index in [-0.39, 0.29) is 30.3 Å². The van der Waals surface area contributed by atoms with Gasteiger partial charge in [-0.2, -0.15) is 0 Å². The van der Waals surface area contributed by atoms with Crippen LogP contribution >= 0.6 is 0 Å². The van der Waals surface area contributed by atoms with Crippen LogP contribution < -0.4 is 14.4 Å². The summed E-state index contributed by atoms with van der Waals surface area (Å²) in [4.78, 5) is 12.2. The Bertz CT molecular complexity index is 946. The summed E-state index contributed by atoms with van der Waals surface area (Å²) in [7, 11) is -1.90. The van der Waals surface area contributed by atoms with Crippen molar-refractivity contribution in [2.45, 2.75) is 19.3 Å². The third kappa shape index (κ3) is 4.39. The van der Waals surface area contributed by atoms with Gasteiger partial charge < -0.3 is 10.1 Å². The molecule has 3 rings (SSSR count). The summed E-state index contributed by atoms with van der Waals surface area (Å²) in [5.74, 6) is -0.102. The van der Waals surface area contributed by atoms with E-state index in [0.717, 1.165) is 0 Å². The first kappa shape index (κ1) is 19.2. The van der Waals surface area contributed by atoms with E-state index in [1.165, 1.54) is 17.5 Å². The maximum absolute atomic E-state index is 13.6. The second-order valence-corrected chi connectivity index (χ2v) is 8.28. The fraction of sp³-hybridized carbons (Fsp3) is 0.316. The molecule has 0 spiro atoms. The normalized spacial score (nSPS) is 15.6. The maximum Gasteiger partial charge on any atom is 0.235 e. The zero-order valence-corrected chi connectivity index (χ0v) is 15.8. The zero-order chi connectivity index (χ0) is 19.4. The highest BCUT2D eigenvalue weighted by molar-refractivity contribution is 7.93. The third-order valence-corrected chi connectivity index (χ3v) is 6.27. The van der Waals surface area contributed by atoms with Gasteiger partial charge in [0.05, 0.1) is 18.6 Å². The van der Waals surface area contributed by atoms with E-state index in [0.29, 0.717) is 35.7 Å². The number of aryl methyl sites for hydroxylation is 1. The van der Waals surface area contributed by atoms with Gasteiger partial charge in [0.2, 0.25) is 15.9 Å². The predicted octanol–water partition coefficient (Wildman–Crippen LogP) is 2.95. The quantitative estimate of drug-likeness (QED) is 0.820. The van der Waals surface area contributed by atoms with Crippen molar-refractivity contribution in [1.82, 2.24) is 0 Å². The Labute approximate surface area is 158 Å². The number of carbonyl (C=O) groups is 1. The molecule has 0 atom stereocenters. The lowest BCUT2D eigenvalue weighted by Gasteiger charge is -2.20. The lowest BCUT2D eigenvalue weighted by atomic mass is 10.1. The van der Waals surface area contributed by atoms with E-state index in [1.54, 1.807) is 36.4 Å². The van der Waals surface area contributed by atoms with Crippen LogP contribution in [0, 0.1) is 5.82 Å². The minimum absolute atomic E-state index is 0.0926. The van der Waals surface area contributed by atoms with E-state index in [4.69, 9.17) is 4.74 Å². The molecule has 0 radical (unpaired) electrons. The molecule has 2 aromatic carbocycles. The summed E-state index contributed by atoms with van der Waals surface area (Å²) in [5.41, 5.74) is 1.35. The summed E-state index contributed by atoms with van der Waals surface area (Å²) >= 11 is 0. The first-order chi connectivity index (χ1) is 12.9. The van der Waals surface area contributed by atoms with Crippen molar-refractivity contribution >= 4 is 27.3 Å². The summed E-state index contributed by atoms with van der Waals surface area (Å²) in [6, 6.07) is 11.2. The number of carbonyl (C=O) groups excluding carboxylic acids is 1. The molecule has 0 unspecified atom stereocenters. The van der Waals surface area contributed by atoms with Crippen LogP contribution in [-0.4, -0.2) is 33.7 Å². The molecule has 144 valence electrons. The lowest BCUT2D eigenvalue weighted by Crippen LogP contribution is -2.25. The number of halogens is 1. The molecule has 1 saturated heterocycles. The summed E-state index contributed by atoms with van der Waals surface area (Å²) in [6.45, 7) is 0.378. The van der Waals surface area contributed by atoms with E-state index in [1.807, 2.05) is 0 Å². The van der Waals surface area contributed by atoms with Gasteiger partial charge in [-0.05, 0) is 42.7 Å². The highest BCUT2D eigenvalue weighted by Gasteiger charge is 2.30. The van der Waals surface area contributed by atoms with Gasteiger partial charge in [0.15, 0.2) is 0 Å². The Morgan fingerprint density at radius 3 is 2.70 bits per heavy atom. The smallest absolute Gasteiger partial charge is 0.235 e. The first-order valence-electron chi connectivity index (χ1n) is 8.62. The average molecular weight is 392 g/mol. The topological polar surface area (TPSA) is 75.7 Å². The number of nitrogens with zero attached hydrogens (tertiary/aromatic N) is 1. The maximum atomic E-state index is 13.6. The molecule has 1 N–H and O–H groups in total. The molecule has 1 fully saturated rings. The number of anilines is 2. The molecule has 0 aliphatic carbocycles. The number of ether oxygens (including phenoxy) is 1. The van der Waals surface area contributed by atoms with Gasteiger partial charge in [-0.1, -0.05) is 18.2 Å². The average Bonchev–Trinajstić information content (AvgIpc) is 3.00. The molecule has 8 heteroatoms. The predicted molar refractivity (Wildman–Crippen MR) is 102 cm³/mol. The molecule has 1 aliphatic heterocycles. The van der Waals surface area contributed by atoms with E-state index in [9.17, 15) is 17.6 Å².